The molecule has 0 saturated carbocycles. The molecule has 0 aliphatic heterocycles. The van der Waals surface area contributed by atoms with Crippen molar-refractivity contribution in [3.05, 3.63) is 107 Å². The van der Waals surface area contributed by atoms with Gasteiger partial charge in [-0.25, -0.2) is 0 Å². The van der Waals surface area contributed by atoms with E-state index in [-0.39, 0.29) is 18.1 Å². The molecule has 6 heteroatoms. The zero-order valence-corrected chi connectivity index (χ0v) is 16.8. The molecule has 1 N–H and O–H groups in total. The van der Waals surface area contributed by atoms with Gasteiger partial charge >= 0.3 is 0 Å². The number of hydrogen-bond acceptors (Lipinski definition) is 4. The number of amides is 1. The van der Waals surface area contributed by atoms with E-state index in [4.69, 9.17) is 0 Å². The van der Waals surface area contributed by atoms with Crippen molar-refractivity contribution in [3.8, 4) is 0 Å². The van der Waals surface area contributed by atoms with E-state index in [1.165, 1.54) is 5.56 Å². The van der Waals surface area contributed by atoms with E-state index in [0.29, 0.717) is 29.8 Å². The number of benzene rings is 1. The van der Waals surface area contributed by atoms with E-state index in [0.717, 1.165) is 16.7 Å². The molecular formula is C25H20N4O2. The molecule has 31 heavy (non-hydrogen) atoms. The van der Waals surface area contributed by atoms with E-state index >= 15 is 0 Å². The summed E-state index contributed by atoms with van der Waals surface area (Å²) in [5, 5.41) is 7.18. The number of ketones is 1. The molecule has 0 bridgehead atoms. The number of fused-ring (bicyclic) bond motifs is 1. The molecule has 3 aromatic rings. The van der Waals surface area contributed by atoms with Crippen LogP contribution in [0.4, 0.5) is 5.69 Å². The Labute approximate surface area is 179 Å². The maximum absolute atomic E-state index is 12.8. The lowest BCUT2D eigenvalue weighted by atomic mass is 9.91. The number of anilines is 1. The number of hydrogen-bond donors (Lipinski definition) is 1. The summed E-state index contributed by atoms with van der Waals surface area (Å²) in [6, 6.07) is 11.9. The van der Waals surface area contributed by atoms with Crippen molar-refractivity contribution in [2.45, 2.75) is 19.4 Å². The molecule has 5 rings (SSSR count). The first kappa shape index (κ1) is 18.9. The molecule has 1 amide bonds. The lowest BCUT2D eigenvalue weighted by molar-refractivity contribution is -0.114. The Morgan fingerprint density at radius 1 is 1.10 bits per heavy atom. The topological polar surface area (TPSA) is 76.9 Å². The normalized spacial score (nSPS) is 15.1. The number of carbonyl (C=O) groups is 2. The van der Waals surface area contributed by atoms with Crippen molar-refractivity contribution in [3.63, 3.8) is 0 Å². The third kappa shape index (κ3) is 4.00. The fraction of sp³-hybridized carbons (Fsp3) is 0.120. The molecule has 0 fully saturated rings. The summed E-state index contributed by atoms with van der Waals surface area (Å²) in [4.78, 5) is 29.4. The zero-order chi connectivity index (χ0) is 21.2. The van der Waals surface area contributed by atoms with Crippen molar-refractivity contribution in [2.24, 2.45) is 0 Å². The number of carbonyl (C=O) groups excluding carboxylic acids is 2. The van der Waals surface area contributed by atoms with E-state index < -0.39 is 0 Å². The van der Waals surface area contributed by atoms with Crippen LogP contribution in [0.3, 0.4) is 0 Å². The lowest BCUT2D eigenvalue weighted by Crippen LogP contribution is -2.18. The van der Waals surface area contributed by atoms with Gasteiger partial charge in [0, 0.05) is 36.2 Å². The Morgan fingerprint density at radius 3 is 2.84 bits per heavy atom. The molecule has 2 aromatic heterocycles. The molecule has 0 radical (unpaired) electrons. The summed E-state index contributed by atoms with van der Waals surface area (Å²) in [6.45, 7) is 0.569. The van der Waals surface area contributed by atoms with Gasteiger partial charge in [0.15, 0.2) is 5.78 Å². The number of aromatic nitrogens is 3. The Bertz CT molecular complexity index is 1270. The molecular weight excluding hydrogens is 388 g/mol. The summed E-state index contributed by atoms with van der Waals surface area (Å²) < 4.78 is 1.74. The van der Waals surface area contributed by atoms with Gasteiger partial charge in [-0.15, -0.1) is 0 Å². The van der Waals surface area contributed by atoms with Crippen molar-refractivity contribution in [2.75, 3.05) is 5.32 Å². The predicted octanol–water partition coefficient (Wildman–Crippen LogP) is 3.73. The molecule has 2 heterocycles. The summed E-state index contributed by atoms with van der Waals surface area (Å²) in [5.41, 5.74) is 6.04. The summed E-state index contributed by atoms with van der Waals surface area (Å²) in [5.74, 6) is -0.207. The van der Waals surface area contributed by atoms with Crippen LogP contribution < -0.4 is 5.32 Å². The highest BCUT2D eigenvalue weighted by molar-refractivity contribution is 6.12. The van der Waals surface area contributed by atoms with Gasteiger partial charge in [-0.05, 0) is 40.8 Å². The van der Waals surface area contributed by atoms with Gasteiger partial charge in [-0.1, -0.05) is 42.5 Å². The quantitative estimate of drug-likeness (QED) is 0.698. The Kier molecular flexibility index (Phi) is 4.88. The molecule has 6 nitrogen and oxygen atoms in total. The number of nitrogens with one attached hydrogen (secondary N) is 1. The third-order valence-corrected chi connectivity index (χ3v) is 5.44. The summed E-state index contributed by atoms with van der Waals surface area (Å²) in [7, 11) is 0. The summed E-state index contributed by atoms with van der Waals surface area (Å²) in [6.07, 6.45) is 13.3. The van der Waals surface area contributed by atoms with Crippen LogP contribution in [0.25, 0.3) is 6.08 Å². The second kappa shape index (κ2) is 7.99. The first-order chi connectivity index (χ1) is 15.2. The van der Waals surface area contributed by atoms with E-state index in [9.17, 15) is 9.59 Å². The van der Waals surface area contributed by atoms with Gasteiger partial charge in [-0.3, -0.25) is 19.3 Å². The predicted molar refractivity (Wildman–Crippen MR) is 118 cm³/mol. The van der Waals surface area contributed by atoms with Crippen molar-refractivity contribution >= 4 is 23.5 Å². The lowest BCUT2D eigenvalue weighted by Gasteiger charge is -2.14. The van der Waals surface area contributed by atoms with Crippen molar-refractivity contribution in [1.29, 1.82) is 0 Å². The fourth-order valence-electron chi connectivity index (χ4n) is 3.89. The largest absolute Gasteiger partial charge is 0.319 e. The molecule has 0 atom stereocenters. The highest BCUT2D eigenvalue weighted by Crippen LogP contribution is 2.32. The second-order valence-electron chi connectivity index (χ2n) is 7.63. The van der Waals surface area contributed by atoms with Crippen LogP contribution in [-0.2, 0) is 22.6 Å². The van der Waals surface area contributed by atoms with Gasteiger partial charge < -0.3 is 5.32 Å². The van der Waals surface area contributed by atoms with Crippen LogP contribution in [0.1, 0.15) is 23.1 Å². The van der Waals surface area contributed by atoms with Crippen LogP contribution >= 0.6 is 0 Å². The SMILES string of the molecule is O=C1CC=C(C(=O)Nc2cnn(Cc3cccnc3)c2)C=C1C1=Cc2ccccc2C1. The Balaban J connectivity index is 1.29. The maximum Gasteiger partial charge on any atom is 0.255 e. The number of rotatable bonds is 5. The zero-order valence-electron chi connectivity index (χ0n) is 16.8. The van der Waals surface area contributed by atoms with Crippen LogP contribution in [0.5, 0.6) is 0 Å². The van der Waals surface area contributed by atoms with Gasteiger partial charge in [0.25, 0.3) is 5.91 Å². The van der Waals surface area contributed by atoms with Crippen LogP contribution in [-0.4, -0.2) is 26.5 Å². The number of nitrogens with zero attached hydrogens (tertiary/aromatic N) is 3. The Morgan fingerprint density at radius 2 is 2.00 bits per heavy atom. The number of Topliss-reactive ketones (excluding diaryl/α,β-unsaturated/α-hetero) is 1. The van der Waals surface area contributed by atoms with Gasteiger partial charge in [0.05, 0.1) is 18.4 Å². The molecule has 0 unspecified atom stereocenters. The maximum atomic E-state index is 12.8. The number of allylic oxidation sites excluding steroid dienone is 3. The smallest absolute Gasteiger partial charge is 0.255 e. The van der Waals surface area contributed by atoms with Crippen molar-refractivity contribution in [1.82, 2.24) is 14.8 Å². The summed E-state index contributed by atoms with van der Waals surface area (Å²) >= 11 is 0. The monoisotopic (exact) mass is 408 g/mol. The minimum absolute atomic E-state index is 0.0416. The third-order valence-electron chi connectivity index (χ3n) is 5.44. The average Bonchev–Trinajstić information content (AvgIpc) is 3.41. The van der Waals surface area contributed by atoms with E-state index in [2.05, 4.69) is 21.5 Å². The number of pyridine rings is 1. The molecule has 2 aliphatic rings. The molecule has 1 aromatic carbocycles. The first-order valence-electron chi connectivity index (χ1n) is 10.1. The Hall–Kier alpha value is -4.06. The first-order valence-corrected chi connectivity index (χ1v) is 10.1. The second-order valence-corrected chi connectivity index (χ2v) is 7.63. The fourth-order valence-corrected chi connectivity index (χ4v) is 3.89. The van der Waals surface area contributed by atoms with Gasteiger partial charge in [0.2, 0.25) is 0 Å². The minimum atomic E-state index is -0.248. The van der Waals surface area contributed by atoms with Crippen LogP contribution in [0, 0.1) is 0 Å². The minimum Gasteiger partial charge on any atom is -0.319 e. The van der Waals surface area contributed by atoms with E-state index in [1.807, 2.05) is 36.4 Å². The van der Waals surface area contributed by atoms with Crippen LogP contribution in [0.15, 0.2) is 90.1 Å². The van der Waals surface area contributed by atoms with Crippen LogP contribution in [0.2, 0.25) is 0 Å². The molecule has 152 valence electrons. The van der Waals surface area contributed by atoms with Crippen molar-refractivity contribution < 1.29 is 9.59 Å². The van der Waals surface area contributed by atoms with E-state index in [1.54, 1.807) is 41.6 Å². The molecule has 0 saturated heterocycles. The molecule has 0 spiro atoms. The van der Waals surface area contributed by atoms with Gasteiger partial charge in [0.1, 0.15) is 0 Å². The highest BCUT2D eigenvalue weighted by Gasteiger charge is 2.24. The average molecular weight is 408 g/mol. The van der Waals surface area contributed by atoms with Gasteiger partial charge in [-0.2, -0.15) is 5.10 Å². The highest BCUT2D eigenvalue weighted by atomic mass is 16.2. The molecule has 2 aliphatic carbocycles. The standard InChI is InChI=1S/C25H20N4O2/c30-24-8-7-20(12-23(24)21-10-18-5-1-2-6-19(18)11-21)25(31)28-22-14-27-29(16-22)15-17-4-3-9-26-13-17/h1-7,9-10,12-14,16H,8,11,15H2,(H,28,31).